The van der Waals surface area contributed by atoms with Crippen LogP contribution in [0.1, 0.15) is 6.92 Å². The molecule has 1 rings (SSSR count). The highest BCUT2D eigenvalue weighted by molar-refractivity contribution is 14.1. The molecule has 0 aromatic carbocycles. The van der Waals surface area contributed by atoms with Gasteiger partial charge in [-0.1, -0.05) is 0 Å². The maximum absolute atomic E-state index is 10.6. The molecule has 0 aliphatic rings. The first-order chi connectivity index (χ1) is 6.93. The fraction of sp³-hybridized carbons (Fsp3) is 0.333. The molecule has 1 atom stereocenters. The van der Waals surface area contributed by atoms with Crippen molar-refractivity contribution in [1.82, 2.24) is 4.98 Å². The lowest BCUT2D eigenvalue weighted by Gasteiger charge is -2.18. The van der Waals surface area contributed by atoms with E-state index in [1.165, 1.54) is 6.92 Å². The molecule has 1 aromatic heterocycles. The van der Waals surface area contributed by atoms with Crippen molar-refractivity contribution in [2.24, 2.45) is 0 Å². The van der Waals surface area contributed by atoms with E-state index in [2.05, 4.69) is 32.9 Å². The van der Waals surface area contributed by atoms with Crippen LogP contribution in [0.4, 0.5) is 5.82 Å². The molecule has 82 valence electrons. The summed E-state index contributed by atoms with van der Waals surface area (Å²) in [7, 11) is 0. The van der Waals surface area contributed by atoms with Gasteiger partial charge in [0.2, 0.25) is 0 Å². The Morgan fingerprint density at radius 3 is 2.93 bits per heavy atom. The number of aliphatic carboxylic acids is 1. The van der Waals surface area contributed by atoms with Gasteiger partial charge in [0.1, 0.15) is 5.82 Å². The average Bonchev–Trinajstić information content (AvgIpc) is 2.16. The van der Waals surface area contributed by atoms with E-state index >= 15 is 0 Å². The van der Waals surface area contributed by atoms with E-state index in [1.807, 2.05) is 6.07 Å². The van der Waals surface area contributed by atoms with Gasteiger partial charge in [0.25, 0.3) is 0 Å². The molecule has 1 aromatic rings. The number of rotatable bonds is 4. The van der Waals surface area contributed by atoms with Gasteiger partial charge in [0, 0.05) is 6.20 Å². The van der Waals surface area contributed by atoms with Gasteiger partial charge in [-0.05, 0) is 41.6 Å². The SMILES string of the molecule is CC(O)(CNc1ncccc1I)C(=O)O. The predicted octanol–water partition coefficient (Wildman–Crippen LogP) is 0.934. The third kappa shape index (κ3) is 3.31. The Morgan fingerprint density at radius 2 is 2.40 bits per heavy atom. The smallest absolute Gasteiger partial charge is 0.337 e. The second-order valence-corrected chi connectivity index (χ2v) is 4.43. The Labute approximate surface area is 101 Å². The summed E-state index contributed by atoms with van der Waals surface area (Å²) in [5.41, 5.74) is -1.79. The Morgan fingerprint density at radius 1 is 1.73 bits per heavy atom. The molecule has 6 heteroatoms. The number of aromatic nitrogens is 1. The number of carboxylic acid groups (broad SMARTS) is 1. The van der Waals surface area contributed by atoms with Gasteiger partial charge in [-0.3, -0.25) is 0 Å². The van der Waals surface area contributed by atoms with Gasteiger partial charge >= 0.3 is 5.97 Å². The maximum atomic E-state index is 10.6. The highest BCUT2D eigenvalue weighted by Crippen LogP contribution is 2.15. The number of nitrogens with zero attached hydrogens (tertiary/aromatic N) is 1. The summed E-state index contributed by atoms with van der Waals surface area (Å²) in [6, 6.07) is 3.62. The number of carboxylic acids is 1. The van der Waals surface area contributed by atoms with Gasteiger partial charge in [0.05, 0.1) is 10.1 Å². The second kappa shape index (κ2) is 4.75. The Bertz CT molecular complexity index is 368. The summed E-state index contributed by atoms with van der Waals surface area (Å²) >= 11 is 2.08. The number of carbonyl (C=O) groups is 1. The van der Waals surface area contributed by atoms with Crippen molar-refractivity contribution in [3.63, 3.8) is 0 Å². The van der Waals surface area contributed by atoms with E-state index in [4.69, 9.17) is 5.11 Å². The van der Waals surface area contributed by atoms with Crippen molar-refractivity contribution in [3.05, 3.63) is 21.9 Å². The van der Waals surface area contributed by atoms with E-state index in [0.717, 1.165) is 3.57 Å². The fourth-order valence-electron chi connectivity index (χ4n) is 0.847. The zero-order valence-electron chi connectivity index (χ0n) is 8.07. The molecule has 5 nitrogen and oxygen atoms in total. The quantitative estimate of drug-likeness (QED) is 0.719. The van der Waals surface area contributed by atoms with Crippen molar-refractivity contribution in [1.29, 1.82) is 0 Å². The van der Waals surface area contributed by atoms with Crippen molar-refractivity contribution in [2.75, 3.05) is 11.9 Å². The van der Waals surface area contributed by atoms with Crippen LogP contribution in [0.3, 0.4) is 0 Å². The number of pyridine rings is 1. The monoisotopic (exact) mass is 322 g/mol. The lowest BCUT2D eigenvalue weighted by Crippen LogP contribution is -2.42. The molecule has 3 N–H and O–H groups in total. The Balaban J connectivity index is 2.66. The predicted molar refractivity (Wildman–Crippen MR) is 63.7 cm³/mol. The first-order valence-corrected chi connectivity index (χ1v) is 5.31. The van der Waals surface area contributed by atoms with Gasteiger partial charge < -0.3 is 15.5 Å². The van der Waals surface area contributed by atoms with Crippen LogP contribution >= 0.6 is 22.6 Å². The molecule has 0 fully saturated rings. The number of hydrogen-bond acceptors (Lipinski definition) is 4. The van der Waals surface area contributed by atoms with E-state index in [9.17, 15) is 9.90 Å². The second-order valence-electron chi connectivity index (χ2n) is 3.27. The number of halogens is 1. The van der Waals surface area contributed by atoms with Crippen LogP contribution in [-0.2, 0) is 4.79 Å². The molecule has 0 saturated carbocycles. The first-order valence-electron chi connectivity index (χ1n) is 4.23. The average molecular weight is 322 g/mol. The van der Waals surface area contributed by atoms with Crippen LogP contribution in [0.5, 0.6) is 0 Å². The van der Waals surface area contributed by atoms with Crippen LogP contribution in [0.25, 0.3) is 0 Å². The summed E-state index contributed by atoms with van der Waals surface area (Å²) in [5, 5.41) is 20.9. The minimum atomic E-state index is -1.79. The molecule has 0 saturated heterocycles. The number of aliphatic hydroxyl groups is 1. The van der Waals surface area contributed by atoms with E-state index in [0.29, 0.717) is 5.82 Å². The maximum Gasteiger partial charge on any atom is 0.337 e. The summed E-state index contributed by atoms with van der Waals surface area (Å²) in [5.74, 6) is -0.694. The lowest BCUT2D eigenvalue weighted by atomic mass is 10.1. The van der Waals surface area contributed by atoms with Gasteiger partial charge in [-0.2, -0.15) is 0 Å². The molecule has 1 unspecified atom stereocenters. The third-order valence-electron chi connectivity index (χ3n) is 1.82. The first kappa shape index (κ1) is 12.2. The molecule has 0 spiro atoms. The van der Waals surface area contributed by atoms with E-state index < -0.39 is 11.6 Å². The van der Waals surface area contributed by atoms with E-state index in [1.54, 1.807) is 12.3 Å². The normalized spacial score (nSPS) is 14.3. The van der Waals surface area contributed by atoms with Crippen LogP contribution in [0.15, 0.2) is 18.3 Å². The Kier molecular flexibility index (Phi) is 3.86. The molecular formula is C9H11IN2O3. The summed E-state index contributed by atoms with van der Waals surface area (Å²) in [6.07, 6.45) is 1.60. The lowest BCUT2D eigenvalue weighted by molar-refractivity contribution is -0.155. The molecule has 0 bridgehead atoms. The summed E-state index contributed by atoms with van der Waals surface area (Å²) in [6.45, 7) is 1.15. The molecule has 1 heterocycles. The molecule has 0 amide bonds. The minimum absolute atomic E-state index is 0.0879. The van der Waals surface area contributed by atoms with Crippen LogP contribution in [0.2, 0.25) is 0 Å². The van der Waals surface area contributed by atoms with Crippen molar-refractivity contribution in [2.45, 2.75) is 12.5 Å². The molecule has 15 heavy (non-hydrogen) atoms. The number of hydrogen-bond donors (Lipinski definition) is 3. The Hall–Kier alpha value is -0.890. The summed E-state index contributed by atoms with van der Waals surface area (Å²) in [4.78, 5) is 14.6. The van der Waals surface area contributed by atoms with Gasteiger partial charge in [-0.15, -0.1) is 0 Å². The molecular weight excluding hydrogens is 311 g/mol. The highest BCUT2D eigenvalue weighted by atomic mass is 127. The van der Waals surface area contributed by atoms with Gasteiger partial charge in [0.15, 0.2) is 5.60 Å². The van der Waals surface area contributed by atoms with E-state index in [-0.39, 0.29) is 6.54 Å². The zero-order valence-corrected chi connectivity index (χ0v) is 10.2. The largest absolute Gasteiger partial charge is 0.479 e. The molecule has 0 aliphatic carbocycles. The van der Waals surface area contributed by atoms with Gasteiger partial charge in [-0.25, -0.2) is 9.78 Å². The van der Waals surface area contributed by atoms with Crippen LogP contribution in [-0.4, -0.2) is 33.3 Å². The molecule has 0 aliphatic heterocycles. The third-order valence-corrected chi connectivity index (χ3v) is 2.69. The number of nitrogens with one attached hydrogen (secondary N) is 1. The van der Waals surface area contributed by atoms with Crippen LogP contribution < -0.4 is 5.32 Å². The zero-order chi connectivity index (χ0) is 11.5. The minimum Gasteiger partial charge on any atom is -0.479 e. The fourth-order valence-corrected chi connectivity index (χ4v) is 1.38. The van der Waals surface area contributed by atoms with Crippen LogP contribution in [0, 0.1) is 3.57 Å². The molecule has 0 radical (unpaired) electrons. The van der Waals surface area contributed by atoms with Crippen molar-refractivity contribution < 1.29 is 15.0 Å². The highest BCUT2D eigenvalue weighted by Gasteiger charge is 2.29. The summed E-state index contributed by atoms with van der Waals surface area (Å²) < 4.78 is 0.872. The number of anilines is 1. The van der Waals surface area contributed by atoms with Crippen molar-refractivity contribution >= 4 is 34.4 Å². The topological polar surface area (TPSA) is 82.5 Å². The van der Waals surface area contributed by atoms with Crippen molar-refractivity contribution in [3.8, 4) is 0 Å². The standard InChI is InChI=1S/C9H11IN2O3/c1-9(15,8(13)14)5-12-7-6(10)3-2-4-11-7/h2-4,15H,5H2,1H3,(H,11,12)(H,13,14).